The largest absolute Gasteiger partial charge is 0.493 e. The molecule has 21 heavy (non-hydrogen) atoms. The number of ether oxygens (including phenoxy) is 1. The standard InChI is InChI=1S/C16H19ClO4/c1-8-4-11(12(5-8)16(19)20)14(18)13-7-10(17)6-9-2-3-21-15(9)13/h6-8,11-12,14,18H,2-5H2,1H3,(H,19,20). The normalized spacial score (nSPS) is 29.0. The Morgan fingerprint density at radius 1 is 1.43 bits per heavy atom. The van der Waals surface area contributed by atoms with Gasteiger partial charge in [-0.05, 0) is 36.5 Å². The molecule has 1 aromatic rings. The summed E-state index contributed by atoms with van der Waals surface area (Å²) < 4.78 is 5.62. The third-order valence-corrected chi connectivity index (χ3v) is 4.88. The minimum Gasteiger partial charge on any atom is -0.493 e. The van der Waals surface area contributed by atoms with Gasteiger partial charge in [0.15, 0.2) is 0 Å². The third kappa shape index (κ3) is 2.62. The van der Waals surface area contributed by atoms with Crippen molar-refractivity contribution in [2.24, 2.45) is 17.8 Å². The highest BCUT2D eigenvalue weighted by Gasteiger charge is 2.42. The van der Waals surface area contributed by atoms with Gasteiger partial charge in [-0.15, -0.1) is 0 Å². The molecule has 0 aromatic heterocycles. The van der Waals surface area contributed by atoms with Crippen LogP contribution in [0.5, 0.6) is 5.75 Å². The Hall–Kier alpha value is -1.26. The van der Waals surface area contributed by atoms with Crippen LogP contribution in [-0.4, -0.2) is 22.8 Å². The van der Waals surface area contributed by atoms with Gasteiger partial charge < -0.3 is 14.9 Å². The zero-order valence-electron chi connectivity index (χ0n) is 11.9. The second kappa shape index (κ2) is 5.50. The van der Waals surface area contributed by atoms with Crippen LogP contribution in [0.4, 0.5) is 0 Å². The van der Waals surface area contributed by atoms with E-state index in [1.807, 2.05) is 13.0 Å². The van der Waals surface area contributed by atoms with Gasteiger partial charge in [0.2, 0.25) is 0 Å². The molecule has 1 aromatic carbocycles. The lowest BCUT2D eigenvalue weighted by atomic mass is 9.86. The van der Waals surface area contributed by atoms with Crippen LogP contribution >= 0.6 is 11.6 Å². The van der Waals surface area contributed by atoms with Crippen LogP contribution in [0.2, 0.25) is 5.02 Å². The van der Waals surface area contributed by atoms with Gasteiger partial charge in [0.25, 0.3) is 0 Å². The first-order valence-electron chi connectivity index (χ1n) is 7.33. The van der Waals surface area contributed by atoms with Gasteiger partial charge in [0.1, 0.15) is 5.75 Å². The predicted molar refractivity (Wildman–Crippen MR) is 78.6 cm³/mol. The molecule has 1 fully saturated rings. The second-order valence-corrected chi connectivity index (χ2v) is 6.65. The van der Waals surface area contributed by atoms with Crippen molar-refractivity contribution in [2.45, 2.75) is 32.3 Å². The summed E-state index contributed by atoms with van der Waals surface area (Å²) in [6, 6.07) is 3.56. The highest BCUT2D eigenvalue weighted by Crippen LogP contribution is 2.47. The van der Waals surface area contributed by atoms with Crippen molar-refractivity contribution in [3.63, 3.8) is 0 Å². The average molecular weight is 311 g/mol. The molecule has 0 spiro atoms. The minimum absolute atomic E-state index is 0.288. The third-order valence-electron chi connectivity index (χ3n) is 4.67. The number of halogens is 1. The van der Waals surface area contributed by atoms with E-state index in [1.54, 1.807) is 6.07 Å². The summed E-state index contributed by atoms with van der Waals surface area (Å²) in [5.74, 6) is -0.632. The van der Waals surface area contributed by atoms with Gasteiger partial charge in [-0.25, -0.2) is 0 Å². The van der Waals surface area contributed by atoms with Gasteiger partial charge in [0.05, 0.1) is 18.6 Å². The number of hydrogen-bond donors (Lipinski definition) is 2. The van der Waals surface area contributed by atoms with E-state index in [2.05, 4.69) is 0 Å². The predicted octanol–water partition coefficient (Wildman–Crippen LogP) is 3.06. The summed E-state index contributed by atoms with van der Waals surface area (Å²) >= 11 is 6.12. The molecule has 114 valence electrons. The van der Waals surface area contributed by atoms with E-state index < -0.39 is 18.0 Å². The first-order chi connectivity index (χ1) is 9.97. The molecule has 0 amide bonds. The molecule has 2 aliphatic rings. The minimum atomic E-state index is -0.846. The Balaban J connectivity index is 1.95. The number of fused-ring (bicyclic) bond motifs is 1. The average Bonchev–Trinajstić information content (AvgIpc) is 3.02. The summed E-state index contributed by atoms with van der Waals surface area (Å²) in [5.41, 5.74) is 1.63. The number of aliphatic hydroxyl groups is 1. The van der Waals surface area contributed by atoms with Crippen LogP contribution in [0.25, 0.3) is 0 Å². The van der Waals surface area contributed by atoms with Crippen molar-refractivity contribution in [1.29, 1.82) is 0 Å². The Bertz CT molecular complexity index is 572. The number of carbonyl (C=O) groups is 1. The van der Waals surface area contributed by atoms with E-state index in [1.165, 1.54) is 0 Å². The lowest BCUT2D eigenvalue weighted by Crippen LogP contribution is -2.24. The number of benzene rings is 1. The van der Waals surface area contributed by atoms with Crippen molar-refractivity contribution >= 4 is 17.6 Å². The van der Waals surface area contributed by atoms with Crippen molar-refractivity contribution in [1.82, 2.24) is 0 Å². The maximum absolute atomic E-state index is 11.4. The van der Waals surface area contributed by atoms with Crippen molar-refractivity contribution in [3.05, 3.63) is 28.3 Å². The van der Waals surface area contributed by atoms with Gasteiger partial charge in [-0.3, -0.25) is 4.79 Å². The van der Waals surface area contributed by atoms with E-state index >= 15 is 0 Å². The molecule has 4 atom stereocenters. The maximum atomic E-state index is 11.4. The number of aliphatic carboxylic acids is 1. The molecule has 4 unspecified atom stereocenters. The van der Waals surface area contributed by atoms with Crippen LogP contribution in [0.3, 0.4) is 0 Å². The smallest absolute Gasteiger partial charge is 0.306 e. The van der Waals surface area contributed by atoms with Crippen LogP contribution < -0.4 is 4.74 Å². The van der Waals surface area contributed by atoms with E-state index in [0.717, 1.165) is 12.0 Å². The fourth-order valence-corrected chi connectivity index (χ4v) is 3.96. The number of rotatable bonds is 3. The Kier molecular flexibility index (Phi) is 3.84. The van der Waals surface area contributed by atoms with Crippen LogP contribution in [0, 0.1) is 17.8 Å². The van der Waals surface area contributed by atoms with Crippen LogP contribution in [-0.2, 0) is 11.2 Å². The molecule has 2 N–H and O–H groups in total. The Morgan fingerprint density at radius 3 is 2.90 bits per heavy atom. The quantitative estimate of drug-likeness (QED) is 0.900. The molecular weight excluding hydrogens is 292 g/mol. The molecule has 1 aliphatic heterocycles. The lowest BCUT2D eigenvalue weighted by Gasteiger charge is -2.24. The first kappa shape index (κ1) is 14.7. The van der Waals surface area contributed by atoms with Crippen LogP contribution in [0.15, 0.2) is 12.1 Å². The molecule has 1 aliphatic carbocycles. The summed E-state index contributed by atoms with van der Waals surface area (Å²) in [6.45, 7) is 2.61. The molecule has 4 nitrogen and oxygen atoms in total. The summed E-state index contributed by atoms with van der Waals surface area (Å²) in [6.07, 6.45) is 1.25. The van der Waals surface area contributed by atoms with E-state index in [4.69, 9.17) is 16.3 Å². The van der Waals surface area contributed by atoms with Crippen molar-refractivity contribution in [2.75, 3.05) is 6.61 Å². The fourth-order valence-electron chi connectivity index (χ4n) is 3.71. The SMILES string of the molecule is CC1CC(C(=O)O)C(C(O)c2cc(Cl)cc3c2OCC3)C1. The molecule has 0 radical (unpaired) electrons. The second-order valence-electron chi connectivity index (χ2n) is 6.21. The van der Waals surface area contributed by atoms with Gasteiger partial charge in [-0.2, -0.15) is 0 Å². The van der Waals surface area contributed by atoms with Crippen molar-refractivity contribution < 1.29 is 19.7 Å². The number of carboxylic acid groups (broad SMARTS) is 1. The highest BCUT2D eigenvalue weighted by atomic mass is 35.5. The van der Waals surface area contributed by atoms with Gasteiger partial charge in [-0.1, -0.05) is 18.5 Å². The maximum Gasteiger partial charge on any atom is 0.306 e. The summed E-state index contributed by atoms with van der Waals surface area (Å²) in [4.78, 5) is 11.4. The molecule has 3 rings (SSSR count). The monoisotopic (exact) mass is 310 g/mol. The Morgan fingerprint density at radius 2 is 2.19 bits per heavy atom. The molecule has 1 heterocycles. The van der Waals surface area contributed by atoms with Crippen molar-refractivity contribution in [3.8, 4) is 5.75 Å². The Labute approximate surface area is 128 Å². The van der Waals surface area contributed by atoms with E-state index in [-0.39, 0.29) is 5.92 Å². The zero-order chi connectivity index (χ0) is 15.1. The molecule has 0 bridgehead atoms. The number of hydrogen-bond acceptors (Lipinski definition) is 3. The fraction of sp³-hybridized carbons (Fsp3) is 0.562. The van der Waals surface area contributed by atoms with Crippen LogP contribution in [0.1, 0.15) is 37.0 Å². The first-order valence-corrected chi connectivity index (χ1v) is 7.71. The zero-order valence-corrected chi connectivity index (χ0v) is 12.6. The van der Waals surface area contributed by atoms with E-state index in [9.17, 15) is 15.0 Å². The van der Waals surface area contributed by atoms with Gasteiger partial charge >= 0.3 is 5.97 Å². The molecule has 0 saturated heterocycles. The molecule has 1 saturated carbocycles. The molecule has 5 heteroatoms. The molecular formula is C16H19ClO4. The summed E-state index contributed by atoms with van der Waals surface area (Å²) in [5, 5.41) is 20.7. The topological polar surface area (TPSA) is 66.8 Å². The highest BCUT2D eigenvalue weighted by molar-refractivity contribution is 6.30. The number of aliphatic hydroxyl groups excluding tert-OH is 1. The summed E-state index contributed by atoms with van der Waals surface area (Å²) in [7, 11) is 0. The van der Waals surface area contributed by atoms with Gasteiger partial charge in [0, 0.05) is 22.9 Å². The lowest BCUT2D eigenvalue weighted by molar-refractivity contribution is -0.144. The number of carboxylic acids is 1. The van der Waals surface area contributed by atoms with E-state index in [0.29, 0.717) is 41.7 Å².